The molecule has 1 aromatic carbocycles. The molecule has 14 heavy (non-hydrogen) atoms. The van der Waals surface area contributed by atoms with Gasteiger partial charge in [0.05, 0.1) is 18.6 Å². The van der Waals surface area contributed by atoms with Crippen LogP contribution in [0.25, 0.3) is 5.69 Å². The first-order valence-electron chi connectivity index (χ1n) is 4.19. The molecule has 0 bridgehead atoms. The van der Waals surface area contributed by atoms with Crippen molar-refractivity contribution in [2.24, 2.45) is 0 Å². The molecule has 3 nitrogen and oxygen atoms in total. The molecule has 2 aromatic rings. The summed E-state index contributed by atoms with van der Waals surface area (Å²) in [7, 11) is 0. The van der Waals surface area contributed by atoms with Gasteiger partial charge in [0.1, 0.15) is 5.82 Å². The van der Waals surface area contributed by atoms with Crippen molar-refractivity contribution in [3.05, 3.63) is 48.3 Å². The van der Waals surface area contributed by atoms with E-state index in [9.17, 15) is 4.39 Å². The lowest BCUT2D eigenvalue weighted by Crippen LogP contribution is -1.96. The van der Waals surface area contributed by atoms with Gasteiger partial charge in [0.2, 0.25) is 0 Å². The van der Waals surface area contributed by atoms with Crippen LogP contribution in [0.5, 0.6) is 0 Å². The maximum atomic E-state index is 13.4. The Kier molecular flexibility index (Phi) is 2.28. The third kappa shape index (κ3) is 1.52. The van der Waals surface area contributed by atoms with Crippen LogP contribution in [0.1, 0.15) is 5.56 Å². The molecule has 0 aliphatic heterocycles. The zero-order chi connectivity index (χ0) is 9.97. The first kappa shape index (κ1) is 8.90. The Morgan fingerprint density at radius 2 is 2.29 bits per heavy atom. The van der Waals surface area contributed by atoms with E-state index in [1.165, 1.54) is 12.4 Å². The van der Waals surface area contributed by atoms with Crippen LogP contribution in [0.2, 0.25) is 0 Å². The summed E-state index contributed by atoms with van der Waals surface area (Å²) >= 11 is 0. The van der Waals surface area contributed by atoms with Crippen LogP contribution in [0.4, 0.5) is 4.39 Å². The molecule has 72 valence electrons. The van der Waals surface area contributed by atoms with Crippen LogP contribution in [0.3, 0.4) is 0 Å². The van der Waals surface area contributed by atoms with Crippen molar-refractivity contribution in [2.45, 2.75) is 6.61 Å². The molecule has 0 aliphatic rings. The second-order valence-corrected chi connectivity index (χ2v) is 2.91. The Morgan fingerprint density at radius 1 is 1.43 bits per heavy atom. The smallest absolute Gasteiger partial charge is 0.147 e. The lowest BCUT2D eigenvalue weighted by atomic mass is 10.2. The van der Waals surface area contributed by atoms with E-state index in [0.717, 1.165) is 0 Å². The second-order valence-electron chi connectivity index (χ2n) is 2.91. The van der Waals surface area contributed by atoms with Crippen LogP contribution in [0, 0.1) is 5.82 Å². The summed E-state index contributed by atoms with van der Waals surface area (Å²) in [5, 5.41) is 8.80. The minimum absolute atomic E-state index is 0.152. The minimum Gasteiger partial charge on any atom is -0.392 e. The van der Waals surface area contributed by atoms with E-state index >= 15 is 0 Å². The van der Waals surface area contributed by atoms with Gasteiger partial charge in [0.25, 0.3) is 0 Å². The van der Waals surface area contributed by atoms with Gasteiger partial charge in [-0.3, -0.25) is 0 Å². The number of imidazole rings is 1. The Labute approximate surface area is 80.5 Å². The van der Waals surface area contributed by atoms with E-state index in [-0.39, 0.29) is 12.4 Å². The summed E-state index contributed by atoms with van der Waals surface area (Å²) in [6, 6.07) is 4.61. The van der Waals surface area contributed by atoms with Gasteiger partial charge in [-0.15, -0.1) is 0 Å². The first-order valence-corrected chi connectivity index (χ1v) is 4.19. The molecule has 0 atom stereocenters. The van der Waals surface area contributed by atoms with Crippen molar-refractivity contribution >= 4 is 0 Å². The fourth-order valence-corrected chi connectivity index (χ4v) is 1.26. The van der Waals surface area contributed by atoms with Crippen molar-refractivity contribution in [2.75, 3.05) is 0 Å². The highest BCUT2D eigenvalue weighted by Gasteiger charge is 2.04. The topological polar surface area (TPSA) is 38.0 Å². The largest absolute Gasteiger partial charge is 0.392 e. The third-order valence-corrected chi connectivity index (χ3v) is 1.98. The Balaban J connectivity index is 2.46. The fourth-order valence-electron chi connectivity index (χ4n) is 1.26. The van der Waals surface area contributed by atoms with Crippen molar-refractivity contribution in [3.8, 4) is 5.69 Å². The summed E-state index contributed by atoms with van der Waals surface area (Å²) in [5.74, 6) is -0.366. The van der Waals surface area contributed by atoms with Gasteiger partial charge < -0.3 is 9.67 Å². The lowest BCUT2D eigenvalue weighted by Gasteiger charge is -2.04. The molecule has 1 N–H and O–H groups in total. The molecule has 0 fully saturated rings. The molecular weight excluding hydrogens is 183 g/mol. The quantitative estimate of drug-likeness (QED) is 0.783. The van der Waals surface area contributed by atoms with Crippen molar-refractivity contribution in [3.63, 3.8) is 0 Å². The van der Waals surface area contributed by atoms with Crippen LogP contribution in [-0.2, 0) is 6.61 Å². The minimum atomic E-state index is -0.366. The van der Waals surface area contributed by atoms with Gasteiger partial charge in [-0.05, 0) is 17.7 Å². The molecule has 0 saturated carbocycles. The lowest BCUT2D eigenvalue weighted by molar-refractivity contribution is 0.281. The van der Waals surface area contributed by atoms with Gasteiger partial charge in [-0.1, -0.05) is 6.07 Å². The summed E-state index contributed by atoms with van der Waals surface area (Å²) in [5.41, 5.74) is 0.992. The predicted molar refractivity (Wildman–Crippen MR) is 49.4 cm³/mol. The normalized spacial score (nSPS) is 10.4. The zero-order valence-corrected chi connectivity index (χ0v) is 7.39. The number of rotatable bonds is 2. The van der Waals surface area contributed by atoms with Crippen molar-refractivity contribution in [1.82, 2.24) is 9.55 Å². The van der Waals surface area contributed by atoms with Gasteiger partial charge in [-0.2, -0.15) is 0 Å². The highest BCUT2D eigenvalue weighted by atomic mass is 19.1. The maximum Gasteiger partial charge on any atom is 0.147 e. The Bertz CT molecular complexity index is 426. The van der Waals surface area contributed by atoms with Crippen LogP contribution in [0.15, 0.2) is 36.9 Å². The summed E-state index contributed by atoms with van der Waals surface area (Å²) in [6.45, 7) is -0.152. The number of aromatic nitrogens is 2. The standard InChI is InChI=1S/C10H9FN2O/c11-9-5-8(6-14)1-2-10(9)13-4-3-12-7-13/h1-5,7,14H,6H2. The maximum absolute atomic E-state index is 13.4. The van der Waals surface area contributed by atoms with Crippen LogP contribution >= 0.6 is 0 Å². The number of hydrogen-bond donors (Lipinski definition) is 1. The van der Waals surface area contributed by atoms with E-state index in [1.807, 2.05) is 0 Å². The zero-order valence-electron chi connectivity index (χ0n) is 7.39. The molecule has 4 heteroatoms. The monoisotopic (exact) mass is 192 g/mol. The highest BCUT2D eigenvalue weighted by molar-refractivity contribution is 5.36. The van der Waals surface area contributed by atoms with Crippen molar-refractivity contribution in [1.29, 1.82) is 0 Å². The molecule has 0 unspecified atom stereocenters. The molecule has 0 amide bonds. The van der Waals surface area contributed by atoms with Crippen LogP contribution < -0.4 is 0 Å². The van der Waals surface area contributed by atoms with E-state index in [0.29, 0.717) is 11.3 Å². The first-order chi connectivity index (χ1) is 6.81. The van der Waals surface area contributed by atoms with Gasteiger partial charge in [-0.25, -0.2) is 9.37 Å². The predicted octanol–water partition coefficient (Wildman–Crippen LogP) is 1.50. The number of halogens is 1. The van der Waals surface area contributed by atoms with E-state index < -0.39 is 0 Å². The molecule has 0 aliphatic carbocycles. The second kappa shape index (κ2) is 3.59. The Morgan fingerprint density at radius 3 is 2.86 bits per heavy atom. The summed E-state index contributed by atoms with van der Waals surface area (Å²) in [4.78, 5) is 3.83. The summed E-state index contributed by atoms with van der Waals surface area (Å²) < 4.78 is 15.0. The number of hydrogen-bond acceptors (Lipinski definition) is 2. The number of nitrogens with zero attached hydrogens (tertiary/aromatic N) is 2. The summed E-state index contributed by atoms with van der Waals surface area (Å²) in [6.07, 6.45) is 4.77. The third-order valence-electron chi connectivity index (χ3n) is 1.98. The Hall–Kier alpha value is -1.68. The average Bonchev–Trinajstić information content (AvgIpc) is 2.70. The number of benzene rings is 1. The average molecular weight is 192 g/mol. The van der Waals surface area contributed by atoms with E-state index in [1.54, 1.807) is 29.1 Å². The van der Waals surface area contributed by atoms with E-state index in [2.05, 4.69) is 4.98 Å². The highest BCUT2D eigenvalue weighted by Crippen LogP contribution is 2.14. The molecular formula is C10H9FN2O. The molecule has 0 saturated heterocycles. The number of aliphatic hydroxyl groups excluding tert-OH is 1. The fraction of sp³-hybridized carbons (Fsp3) is 0.100. The van der Waals surface area contributed by atoms with Gasteiger partial charge in [0, 0.05) is 12.4 Å². The SMILES string of the molecule is OCc1ccc(-n2ccnc2)c(F)c1. The molecule has 2 rings (SSSR count). The molecule has 0 radical (unpaired) electrons. The number of aliphatic hydroxyl groups is 1. The van der Waals surface area contributed by atoms with Crippen molar-refractivity contribution < 1.29 is 9.50 Å². The molecule has 1 aromatic heterocycles. The molecule has 1 heterocycles. The van der Waals surface area contributed by atoms with Crippen LogP contribution in [-0.4, -0.2) is 14.7 Å². The molecule has 0 spiro atoms. The van der Waals surface area contributed by atoms with Gasteiger partial charge >= 0.3 is 0 Å². The van der Waals surface area contributed by atoms with E-state index in [4.69, 9.17) is 5.11 Å². The van der Waals surface area contributed by atoms with Gasteiger partial charge in [0.15, 0.2) is 0 Å².